The first-order valence-electron chi connectivity index (χ1n) is 12.7. The summed E-state index contributed by atoms with van der Waals surface area (Å²) in [5.41, 5.74) is 1.08. The summed E-state index contributed by atoms with van der Waals surface area (Å²) in [5, 5.41) is 0. The molecule has 1 atom stereocenters. The number of nitrogens with zero attached hydrogens (tertiary/aromatic N) is 3. The van der Waals surface area contributed by atoms with Gasteiger partial charge in [0.1, 0.15) is 23.3 Å². The number of ether oxygens (including phenoxy) is 3. The Bertz CT molecular complexity index is 1560. The fraction of sp³-hybridized carbons (Fsp3) is 0.393. The fourth-order valence-electron chi connectivity index (χ4n) is 4.97. The number of rotatable bonds is 7. The van der Waals surface area contributed by atoms with Gasteiger partial charge in [-0.3, -0.25) is 9.36 Å². The average Bonchev–Trinajstić information content (AvgIpc) is 3.52. The lowest BCUT2D eigenvalue weighted by molar-refractivity contribution is -0.139. The van der Waals surface area contributed by atoms with Crippen LogP contribution in [0.1, 0.15) is 50.5 Å². The number of carbonyl (C=O) groups is 1. The van der Waals surface area contributed by atoms with Gasteiger partial charge < -0.3 is 23.5 Å². The van der Waals surface area contributed by atoms with Gasteiger partial charge in [0.2, 0.25) is 0 Å². The second kappa shape index (κ2) is 10.9. The number of fused-ring (bicyclic) bond motifs is 1. The molecular formula is C28H31N3O6S. The van der Waals surface area contributed by atoms with E-state index in [-0.39, 0.29) is 17.7 Å². The molecule has 2 aliphatic heterocycles. The quantitative estimate of drug-likeness (QED) is 0.427. The van der Waals surface area contributed by atoms with Crippen LogP contribution in [0.15, 0.2) is 55.8 Å². The third-order valence-corrected chi connectivity index (χ3v) is 7.79. The minimum atomic E-state index is -0.807. The highest BCUT2D eigenvalue weighted by molar-refractivity contribution is 7.07. The van der Waals surface area contributed by atoms with Crippen LogP contribution in [0.2, 0.25) is 0 Å². The number of hydrogen-bond acceptors (Lipinski definition) is 9. The number of thiazole rings is 1. The van der Waals surface area contributed by atoms with E-state index < -0.39 is 12.0 Å². The van der Waals surface area contributed by atoms with Crippen LogP contribution < -0.4 is 29.3 Å². The van der Waals surface area contributed by atoms with E-state index in [0.717, 1.165) is 31.8 Å². The molecule has 2 aliphatic rings. The normalized spacial score (nSPS) is 17.7. The molecular weight excluding hydrogens is 506 g/mol. The third kappa shape index (κ3) is 4.76. The summed E-state index contributed by atoms with van der Waals surface area (Å²) in [6.45, 7) is 5.62. The summed E-state index contributed by atoms with van der Waals surface area (Å²) in [7, 11) is 3.11. The predicted octanol–water partition coefficient (Wildman–Crippen LogP) is 3.40. The largest absolute Gasteiger partial charge is 0.497 e. The lowest BCUT2D eigenvalue weighted by Crippen LogP contribution is -2.40. The molecule has 200 valence electrons. The first-order valence-corrected chi connectivity index (χ1v) is 13.5. The molecule has 0 saturated carbocycles. The van der Waals surface area contributed by atoms with E-state index in [1.165, 1.54) is 22.3 Å². The Morgan fingerprint density at radius 1 is 1.16 bits per heavy atom. The maximum Gasteiger partial charge on any atom is 0.338 e. The summed E-state index contributed by atoms with van der Waals surface area (Å²) in [6.07, 6.45) is 5.26. The van der Waals surface area contributed by atoms with Crippen molar-refractivity contribution in [3.8, 4) is 11.5 Å². The van der Waals surface area contributed by atoms with E-state index in [2.05, 4.69) is 9.89 Å². The van der Waals surface area contributed by atoms with E-state index in [1.807, 2.05) is 12.1 Å². The molecule has 9 nitrogen and oxygen atoms in total. The number of furan rings is 1. The standard InChI is InChI=1S/C28H31N3O6S/c1-5-36-27(33)24-17(2)29-28-31(25(24)20-15-18(34-3)9-11-21(20)35-4)26(32)22(38-28)16-19-10-12-23(37-19)30-13-7-6-8-14-30/h9-12,15-16,25H,5-8,13-14H2,1-4H3/b22-16+/t25-/m0/s1. The zero-order valence-electron chi connectivity index (χ0n) is 22.0. The summed E-state index contributed by atoms with van der Waals surface area (Å²) < 4.78 is 24.5. The monoisotopic (exact) mass is 537 g/mol. The average molecular weight is 538 g/mol. The molecule has 10 heteroatoms. The minimum absolute atomic E-state index is 0.194. The Balaban J connectivity index is 1.66. The zero-order valence-corrected chi connectivity index (χ0v) is 22.8. The zero-order chi connectivity index (χ0) is 26.8. The van der Waals surface area contributed by atoms with Gasteiger partial charge in [-0.2, -0.15) is 0 Å². The van der Waals surface area contributed by atoms with Gasteiger partial charge in [0.15, 0.2) is 10.7 Å². The maximum absolute atomic E-state index is 13.9. The van der Waals surface area contributed by atoms with Crippen molar-refractivity contribution in [1.29, 1.82) is 0 Å². The van der Waals surface area contributed by atoms with Crippen LogP contribution in [0.25, 0.3) is 6.08 Å². The Morgan fingerprint density at radius 2 is 1.95 bits per heavy atom. The number of benzene rings is 1. The number of piperidine rings is 1. The molecule has 0 aliphatic carbocycles. The van der Waals surface area contributed by atoms with E-state index >= 15 is 0 Å². The van der Waals surface area contributed by atoms with Crippen molar-refractivity contribution in [3.05, 3.63) is 72.6 Å². The van der Waals surface area contributed by atoms with Gasteiger partial charge in [-0.15, -0.1) is 0 Å². The van der Waals surface area contributed by atoms with Crippen molar-refractivity contribution in [1.82, 2.24) is 4.57 Å². The van der Waals surface area contributed by atoms with Gasteiger partial charge in [0, 0.05) is 30.8 Å². The fourth-order valence-corrected chi connectivity index (χ4v) is 6.00. The summed E-state index contributed by atoms with van der Waals surface area (Å²) >= 11 is 1.25. The van der Waals surface area contributed by atoms with Crippen LogP contribution in [0, 0.1) is 0 Å². The minimum Gasteiger partial charge on any atom is -0.497 e. The van der Waals surface area contributed by atoms with Crippen molar-refractivity contribution in [3.63, 3.8) is 0 Å². The highest BCUT2D eigenvalue weighted by Gasteiger charge is 2.35. The smallest absolute Gasteiger partial charge is 0.338 e. The number of anilines is 1. The Labute approximate surface area is 224 Å². The third-order valence-electron chi connectivity index (χ3n) is 6.80. The van der Waals surface area contributed by atoms with Gasteiger partial charge in [-0.1, -0.05) is 11.3 Å². The number of aromatic nitrogens is 1. The van der Waals surface area contributed by atoms with Gasteiger partial charge in [0.25, 0.3) is 5.56 Å². The highest BCUT2D eigenvalue weighted by Crippen LogP contribution is 2.37. The predicted molar refractivity (Wildman–Crippen MR) is 145 cm³/mol. The Morgan fingerprint density at radius 3 is 2.66 bits per heavy atom. The molecule has 0 radical (unpaired) electrons. The lowest BCUT2D eigenvalue weighted by atomic mass is 9.95. The van der Waals surface area contributed by atoms with E-state index in [0.29, 0.717) is 37.9 Å². The van der Waals surface area contributed by atoms with E-state index in [4.69, 9.17) is 18.6 Å². The highest BCUT2D eigenvalue weighted by atomic mass is 32.1. The first-order chi connectivity index (χ1) is 18.4. The second-order valence-corrected chi connectivity index (χ2v) is 10.1. The number of hydrogen-bond donors (Lipinski definition) is 0. The van der Waals surface area contributed by atoms with Crippen molar-refractivity contribution in [2.75, 3.05) is 38.8 Å². The molecule has 1 fully saturated rings. The summed E-state index contributed by atoms with van der Waals surface area (Å²) in [6, 6.07) is 8.31. The molecule has 0 N–H and O–H groups in total. The number of methoxy groups -OCH3 is 2. The SMILES string of the molecule is CCOC(=O)C1=C(C)N=c2s/c(=C/c3ccc(N4CCCCC4)o3)c(=O)n2[C@H]1c1cc(OC)ccc1OC. The van der Waals surface area contributed by atoms with Crippen LogP contribution in [0.4, 0.5) is 5.88 Å². The second-order valence-electron chi connectivity index (χ2n) is 9.13. The number of carbonyl (C=O) groups excluding carboxylic acids is 1. The van der Waals surface area contributed by atoms with Crippen LogP contribution in [-0.2, 0) is 9.53 Å². The topological polar surface area (TPSA) is 95.5 Å². The van der Waals surface area contributed by atoms with Crippen LogP contribution in [-0.4, -0.2) is 44.5 Å². The molecule has 0 spiro atoms. The molecule has 3 aromatic rings. The van der Waals surface area contributed by atoms with E-state index in [9.17, 15) is 9.59 Å². The molecule has 4 heterocycles. The lowest BCUT2D eigenvalue weighted by Gasteiger charge is -2.26. The van der Waals surface area contributed by atoms with Crippen LogP contribution in [0.3, 0.4) is 0 Å². The van der Waals surface area contributed by atoms with Crippen LogP contribution in [0.5, 0.6) is 11.5 Å². The van der Waals surface area contributed by atoms with Gasteiger partial charge in [-0.25, -0.2) is 9.79 Å². The molecule has 1 saturated heterocycles. The van der Waals surface area contributed by atoms with Gasteiger partial charge in [0.05, 0.1) is 36.6 Å². The molecule has 2 aromatic heterocycles. The maximum atomic E-state index is 13.9. The van der Waals surface area contributed by atoms with Crippen LogP contribution >= 0.6 is 11.3 Å². The Kier molecular flexibility index (Phi) is 7.42. The summed E-state index contributed by atoms with van der Waals surface area (Å²) in [4.78, 5) is 34.4. The molecule has 5 rings (SSSR count). The van der Waals surface area contributed by atoms with Gasteiger partial charge >= 0.3 is 5.97 Å². The molecule has 0 amide bonds. The van der Waals surface area contributed by atoms with Crippen molar-refractivity contribution in [2.24, 2.45) is 4.99 Å². The van der Waals surface area contributed by atoms with Gasteiger partial charge in [-0.05, 0) is 57.4 Å². The molecule has 0 unspecified atom stereocenters. The van der Waals surface area contributed by atoms with Crippen molar-refractivity contribution < 1.29 is 23.4 Å². The number of esters is 1. The molecule has 0 bridgehead atoms. The first kappa shape index (κ1) is 25.8. The van der Waals surface area contributed by atoms with E-state index in [1.54, 1.807) is 52.3 Å². The molecule has 1 aromatic carbocycles. The number of allylic oxidation sites excluding steroid dienone is 1. The van der Waals surface area contributed by atoms with Crippen molar-refractivity contribution >= 4 is 29.3 Å². The van der Waals surface area contributed by atoms with Crippen molar-refractivity contribution in [2.45, 2.75) is 39.2 Å². The summed E-state index contributed by atoms with van der Waals surface area (Å²) in [5.74, 6) is 1.95. The Hall–Kier alpha value is -3.79. The molecule has 38 heavy (non-hydrogen) atoms.